The van der Waals surface area contributed by atoms with Crippen molar-refractivity contribution in [3.8, 4) is 0 Å². The summed E-state index contributed by atoms with van der Waals surface area (Å²) < 4.78 is 57.8. The van der Waals surface area contributed by atoms with E-state index in [1.165, 1.54) is 25.7 Å². The molecule has 0 aliphatic heterocycles. The molecule has 26 heavy (non-hydrogen) atoms. The Hall–Kier alpha value is 0.200. The zero-order valence-electron chi connectivity index (χ0n) is 15.7. The van der Waals surface area contributed by atoms with Gasteiger partial charge < -0.3 is 0 Å². The van der Waals surface area contributed by atoms with Gasteiger partial charge in [-0.15, -0.1) is 0 Å². The number of hydrogen-bond donors (Lipinski definition) is 0. The molecule has 0 spiro atoms. The summed E-state index contributed by atoms with van der Waals surface area (Å²) in [6, 6.07) is 0. The monoisotopic (exact) mass is 438 g/mol. The molecule has 0 aromatic rings. The van der Waals surface area contributed by atoms with Crippen LogP contribution in [0.4, 0.5) is 17.6 Å². The van der Waals surface area contributed by atoms with Crippen LogP contribution in [0, 0.1) is 29.1 Å². The zero-order chi connectivity index (χ0) is 18.8. The molecule has 5 fully saturated rings. The van der Waals surface area contributed by atoms with Crippen LogP contribution in [0.25, 0.3) is 0 Å². The van der Waals surface area contributed by atoms with Crippen molar-refractivity contribution in [2.75, 3.05) is 0 Å². The Bertz CT molecular complexity index is 522. The van der Waals surface area contributed by atoms with E-state index in [9.17, 15) is 8.78 Å². The van der Waals surface area contributed by atoms with Crippen LogP contribution in [0.2, 0.25) is 0 Å². The molecule has 5 aliphatic carbocycles. The van der Waals surface area contributed by atoms with Crippen LogP contribution in [0.1, 0.15) is 84.0 Å². The second-order valence-corrected chi connectivity index (χ2v) is 11.4. The zero-order valence-corrected chi connectivity index (χ0v) is 17.3. The number of halogens is 5. The first-order valence-corrected chi connectivity index (χ1v) is 11.4. The molecule has 5 heteroatoms. The summed E-state index contributed by atoms with van der Waals surface area (Å²) >= 11 is 3.01. The summed E-state index contributed by atoms with van der Waals surface area (Å²) in [6.45, 7) is 2.31. The Morgan fingerprint density at radius 1 is 0.654 bits per heavy atom. The van der Waals surface area contributed by atoms with Crippen molar-refractivity contribution < 1.29 is 17.6 Å². The Morgan fingerprint density at radius 3 is 1.62 bits per heavy atom. The van der Waals surface area contributed by atoms with Gasteiger partial charge in [-0.25, -0.2) is 0 Å². The minimum absolute atomic E-state index is 0.177. The molecule has 0 N–H and O–H groups in total. The highest BCUT2D eigenvalue weighted by Crippen LogP contribution is 2.72. The van der Waals surface area contributed by atoms with Crippen molar-refractivity contribution in [3.05, 3.63) is 0 Å². The van der Waals surface area contributed by atoms with Gasteiger partial charge in [0.2, 0.25) is 0 Å². The Labute approximate surface area is 163 Å². The molecule has 0 aromatic carbocycles. The predicted octanol–water partition coefficient (Wildman–Crippen LogP) is 7.60. The smallest absolute Gasteiger partial charge is 0.199 e. The highest BCUT2D eigenvalue weighted by molar-refractivity contribution is 9.10. The summed E-state index contributed by atoms with van der Waals surface area (Å²) in [7, 11) is 0. The first-order chi connectivity index (χ1) is 12.1. The van der Waals surface area contributed by atoms with Gasteiger partial charge in [0.05, 0.1) is 4.32 Å². The SMILES string of the molecule is CC1CCC(C2CCC(C34CCC(Br)(CC3)C(F)(F)C4(F)F)CC2)CC1. The van der Waals surface area contributed by atoms with Crippen LogP contribution in [-0.2, 0) is 0 Å². The van der Waals surface area contributed by atoms with E-state index < -0.39 is 21.6 Å². The molecule has 0 atom stereocenters. The fourth-order valence-corrected chi connectivity index (χ4v) is 7.52. The van der Waals surface area contributed by atoms with E-state index in [4.69, 9.17) is 0 Å². The van der Waals surface area contributed by atoms with Crippen LogP contribution >= 0.6 is 15.9 Å². The number of rotatable bonds is 2. The highest BCUT2D eigenvalue weighted by atomic mass is 79.9. The van der Waals surface area contributed by atoms with Gasteiger partial charge in [-0.1, -0.05) is 35.7 Å². The summed E-state index contributed by atoms with van der Waals surface area (Å²) in [6.07, 6.45) is 9.32. The first kappa shape index (κ1) is 19.5. The van der Waals surface area contributed by atoms with Crippen LogP contribution in [0.5, 0.6) is 0 Å². The van der Waals surface area contributed by atoms with Crippen LogP contribution in [0.15, 0.2) is 0 Å². The second kappa shape index (κ2) is 6.35. The van der Waals surface area contributed by atoms with Crippen molar-refractivity contribution in [1.82, 2.24) is 0 Å². The van der Waals surface area contributed by atoms with Gasteiger partial charge >= 0.3 is 11.8 Å². The van der Waals surface area contributed by atoms with E-state index in [0.29, 0.717) is 5.92 Å². The third kappa shape index (κ3) is 2.57. The second-order valence-electron chi connectivity index (χ2n) is 9.90. The molecule has 2 bridgehead atoms. The third-order valence-electron chi connectivity index (χ3n) is 8.80. The molecule has 0 radical (unpaired) electrons. The van der Waals surface area contributed by atoms with E-state index in [1.54, 1.807) is 0 Å². The molecule has 0 aromatic heterocycles. The van der Waals surface area contributed by atoms with Gasteiger partial charge in [-0.05, 0) is 87.9 Å². The van der Waals surface area contributed by atoms with Crippen molar-refractivity contribution in [2.45, 2.75) is 100 Å². The van der Waals surface area contributed by atoms with E-state index >= 15 is 8.78 Å². The van der Waals surface area contributed by atoms with Crippen molar-refractivity contribution in [1.29, 1.82) is 0 Å². The van der Waals surface area contributed by atoms with E-state index in [1.807, 2.05) is 0 Å². The highest BCUT2D eigenvalue weighted by Gasteiger charge is 2.82. The first-order valence-electron chi connectivity index (χ1n) is 10.6. The maximum atomic E-state index is 15.1. The summed E-state index contributed by atoms with van der Waals surface area (Å²) in [5.41, 5.74) is -1.47. The van der Waals surface area contributed by atoms with E-state index in [0.717, 1.165) is 37.5 Å². The third-order valence-corrected chi connectivity index (χ3v) is 10.1. The Morgan fingerprint density at radius 2 is 1.12 bits per heavy atom. The van der Waals surface area contributed by atoms with Gasteiger partial charge in [0.1, 0.15) is 0 Å². The van der Waals surface area contributed by atoms with Crippen molar-refractivity contribution >= 4 is 15.9 Å². The molecule has 0 amide bonds. The molecule has 5 aliphatic rings. The van der Waals surface area contributed by atoms with Crippen LogP contribution < -0.4 is 0 Å². The maximum absolute atomic E-state index is 15.1. The topological polar surface area (TPSA) is 0 Å². The molecule has 0 unspecified atom stereocenters. The molecule has 5 saturated carbocycles. The number of alkyl halides is 5. The summed E-state index contributed by atoms with van der Waals surface area (Å²) in [5.74, 6) is -5.88. The lowest BCUT2D eigenvalue weighted by Crippen LogP contribution is -2.72. The summed E-state index contributed by atoms with van der Waals surface area (Å²) in [5, 5.41) is 0. The molecular weight excluding hydrogens is 408 g/mol. The molecule has 0 saturated heterocycles. The lowest BCUT2D eigenvalue weighted by molar-refractivity contribution is -0.339. The molecule has 150 valence electrons. The minimum Gasteiger partial charge on any atom is -0.199 e. The van der Waals surface area contributed by atoms with Crippen molar-refractivity contribution in [2.24, 2.45) is 29.1 Å². The lowest BCUT2D eigenvalue weighted by atomic mass is 9.49. The molecule has 5 rings (SSSR count). The lowest BCUT2D eigenvalue weighted by Gasteiger charge is -2.62. The van der Waals surface area contributed by atoms with Crippen molar-refractivity contribution in [3.63, 3.8) is 0 Å². The Balaban J connectivity index is 1.47. The van der Waals surface area contributed by atoms with E-state index in [-0.39, 0.29) is 31.6 Å². The fraction of sp³-hybridized carbons (Fsp3) is 1.00. The van der Waals surface area contributed by atoms with E-state index in [2.05, 4.69) is 22.9 Å². The largest absolute Gasteiger partial charge is 0.325 e. The number of fused-ring (bicyclic) bond motifs is 3. The van der Waals surface area contributed by atoms with Gasteiger partial charge in [0.25, 0.3) is 0 Å². The van der Waals surface area contributed by atoms with Gasteiger partial charge in [0, 0.05) is 5.41 Å². The normalized spacial score (nSPS) is 50.5. The van der Waals surface area contributed by atoms with Gasteiger partial charge in [0.15, 0.2) is 0 Å². The maximum Gasteiger partial charge on any atom is 0.325 e. The summed E-state index contributed by atoms with van der Waals surface area (Å²) in [4.78, 5) is 0. The number of hydrogen-bond acceptors (Lipinski definition) is 0. The average Bonchev–Trinajstić information content (AvgIpc) is 2.62. The standard InChI is InChI=1S/C21H31BrF4/c1-14-2-4-15(5-3-14)16-6-8-17(9-7-16)18-10-12-19(22,13-11-18)21(25,26)20(18,23)24/h14-17H,2-13H2,1H3. The molecule has 0 nitrogen and oxygen atoms in total. The average molecular weight is 439 g/mol. The fourth-order valence-electron chi connectivity index (χ4n) is 6.88. The predicted molar refractivity (Wildman–Crippen MR) is 99.0 cm³/mol. The van der Waals surface area contributed by atoms with Gasteiger partial charge in [-0.2, -0.15) is 17.6 Å². The van der Waals surface area contributed by atoms with Crippen LogP contribution in [-0.4, -0.2) is 16.2 Å². The Kier molecular flexibility index (Phi) is 4.77. The molecule has 0 heterocycles. The molecular formula is C21H31BrF4. The van der Waals surface area contributed by atoms with Crippen LogP contribution in [0.3, 0.4) is 0 Å². The minimum atomic E-state index is -3.94. The van der Waals surface area contributed by atoms with Gasteiger partial charge in [-0.3, -0.25) is 0 Å². The quantitative estimate of drug-likeness (QED) is 0.307.